The van der Waals surface area contributed by atoms with Crippen LogP contribution in [0.5, 0.6) is 0 Å². The Labute approximate surface area is 103 Å². The summed E-state index contributed by atoms with van der Waals surface area (Å²) in [5, 5.41) is 0. The molecule has 82 valence electrons. The van der Waals surface area contributed by atoms with Crippen molar-refractivity contribution >= 4 is 0 Å². The van der Waals surface area contributed by atoms with E-state index in [-0.39, 0.29) is 17.1 Å². The second-order valence-corrected chi connectivity index (χ2v) is 3.75. The Hall–Kier alpha value is -0.781. The van der Waals surface area contributed by atoms with Gasteiger partial charge >= 0.3 is 0 Å². The zero-order valence-electron chi connectivity index (χ0n) is 8.80. The van der Waals surface area contributed by atoms with Crippen molar-refractivity contribution in [3.8, 4) is 0 Å². The summed E-state index contributed by atoms with van der Waals surface area (Å²) in [7, 11) is 0. The van der Waals surface area contributed by atoms with Gasteiger partial charge in [0.15, 0.2) is 0 Å². The van der Waals surface area contributed by atoms with Crippen molar-refractivity contribution in [3.63, 3.8) is 0 Å². The molecule has 0 atom stereocenters. The summed E-state index contributed by atoms with van der Waals surface area (Å²) in [4.78, 5) is 0. The molecule has 0 heterocycles. The fourth-order valence-electron chi connectivity index (χ4n) is 1.93. The molecule has 0 N–H and O–H groups in total. The Kier molecular flexibility index (Phi) is 5.45. The van der Waals surface area contributed by atoms with Gasteiger partial charge in [-0.3, -0.25) is 0 Å². The summed E-state index contributed by atoms with van der Waals surface area (Å²) in [5.41, 5.74) is 3.20. The predicted molar refractivity (Wildman–Crippen MR) is 60.7 cm³/mol. The minimum Gasteiger partial charge on any atom is -0.214 e. The monoisotopic (exact) mass is 240 g/mol. The van der Waals surface area contributed by atoms with Gasteiger partial charge in [0.25, 0.3) is 0 Å². The molecule has 0 bridgehead atoms. The molecule has 1 heteroatoms. The molecule has 0 nitrogen and oxygen atoms in total. The van der Waals surface area contributed by atoms with Crippen molar-refractivity contribution < 1.29 is 17.1 Å². The molecule has 0 unspecified atom stereocenters. The van der Waals surface area contributed by atoms with Crippen LogP contribution in [0.25, 0.3) is 0 Å². The van der Waals surface area contributed by atoms with E-state index in [1.807, 2.05) is 30.3 Å². The molecule has 1 aliphatic rings. The van der Waals surface area contributed by atoms with Crippen molar-refractivity contribution in [2.45, 2.75) is 25.7 Å². The quantitative estimate of drug-likeness (QED) is 0.486. The number of hydrogen-bond donors (Lipinski definition) is 0. The molecule has 0 radical (unpaired) electrons. The van der Waals surface area contributed by atoms with Crippen molar-refractivity contribution in [3.05, 3.63) is 59.7 Å². The molecule has 0 aliphatic heterocycles. The van der Waals surface area contributed by atoms with Crippen molar-refractivity contribution in [2.24, 2.45) is 0 Å². The van der Waals surface area contributed by atoms with Crippen LogP contribution in [0.4, 0.5) is 0 Å². The van der Waals surface area contributed by atoms with E-state index < -0.39 is 0 Å². The van der Waals surface area contributed by atoms with Gasteiger partial charge in [-0.1, -0.05) is 25.7 Å². The van der Waals surface area contributed by atoms with Crippen molar-refractivity contribution in [2.75, 3.05) is 0 Å². The topological polar surface area (TPSA) is 0 Å². The summed E-state index contributed by atoms with van der Waals surface area (Å²) in [5.74, 6) is 0. The summed E-state index contributed by atoms with van der Waals surface area (Å²) in [6.07, 6.45) is 5.44. The maximum Gasteiger partial charge on any atom is 0 e. The maximum absolute atomic E-state index is 2.26. The second kappa shape index (κ2) is 6.66. The third-order valence-electron chi connectivity index (χ3n) is 2.71. The van der Waals surface area contributed by atoms with Crippen LogP contribution in [0.15, 0.2) is 48.5 Å². The third kappa shape index (κ3) is 3.70. The van der Waals surface area contributed by atoms with Gasteiger partial charge in [-0.2, -0.15) is 35.4 Å². The van der Waals surface area contributed by atoms with E-state index in [4.69, 9.17) is 0 Å². The minimum absolute atomic E-state index is 0. The van der Waals surface area contributed by atoms with Gasteiger partial charge in [0.1, 0.15) is 0 Å². The van der Waals surface area contributed by atoms with Gasteiger partial charge in [0.05, 0.1) is 0 Å². The van der Waals surface area contributed by atoms with E-state index in [0.29, 0.717) is 0 Å². The van der Waals surface area contributed by atoms with Crippen LogP contribution in [0.3, 0.4) is 0 Å². The fourth-order valence-corrected chi connectivity index (χ4v) is 1.93. The summed E-state index contributed by atoms with van der Waals surface area (Å²) in [6, 6.07) is 16.7. The molecule has 0 saturated carbocycles. The number of rotatable bonds is 0. The Balaban J connectivity index is 0.000000162. The zero-order chi connectivity index (χ0) is 9.64. The fraction of sp³-hybridized carbons (Fsp3) is 0.286. The molecule has 0 spiro atoms. The van der Waals surface area contributed by atoms with Crippen molar-refractivity contribution in [1.82, 2.24) is 0 Å². The number of fused-ring (bicyclic) bond motifs is 1. The first kappa shape index (κ1) is 12.3. The molecule has 15 heavy (non-hydrogen) atoms. The molecule has 3 rings (SSSR count). The van der Waals surface area contributed by atoms with E-state index in [1.165, 1.54) is 25.7 Å². The van der Waals surface area contributed by atoms with Gasteiger partial charge < -0.3 is 0 Å². The molecule has 1 aliphatic carbocycles. The van der Waals surface area contributed by atoms with Crippen LogP contribution in [-0.2, 0) is 29.9 Å². The van der Waals surface area contributed by atoms with E-state index in [0.717, 1.165) is 0 Å². The van der Waals surface area contributed by atoms with Crippen LogP contribution >= 0.6 is 0 Å². The Bertz CT molecular complexity index is 305. The van der Waals surface area contributed by atoms with E-state index >= 15 is 0 Å². The normalized spacial score (nSPS) is 13.1. The van der Waals surface area contributed by atoms with Crippen molar-refractivity contribution in [1.29, 1.82) is 0 Å². The van der Waals surface area contributed by atoms with Crippen LogP contribution in [-0.4, -0.2) is 0 Å². The molecule has 0 aromatic heterocycles. The smallest absolute Gasteiger partial charge is 0 e. The summed E-state index contributed by atoms with van der Waals surface area (Å²) < 4.78 is 0. The third-order valence-corrected chi connectivity index (χ3v) is 2.71. The maximum atomic E-state index is 2.26. The average Bonchev–Trinajstić information content (AvgIpc) is 2.92. The average molecular weight is 240 g/mol. The van der Waals surface area contributed by atoms with Gasteiger partial charge in [-0.15, -0.1) is 0 Å². The first-order valence-corrected chi connectivity index (χ1v) is 5.37. The Morgan fingerprint density at radius 2 is 1.87 bits per heavy atom. The van der Waals surface area contributed by atoms with Gasteiger partial charge in [0.2, 0.25) is 0 Å². The summed E-state index contributed by atoms with van der Waals surface area (Å²) >= 11 is 0. The predicted octanol–water partition coefficient (Wildman–Crippen LogP) is 3.69. The van der Waals surface area contributed by atoms with Crippen LogP contribution in [0.1, 0.15) is 24.0 Å². The molecule has 2 aromatic rings. The van der Waals surface area contributed by atoms with E-state index in [2.05, 4.69) is 18.2 Å². The zero-order valence-corrected chi connectivity index (χ0v) is 9.90. The van der Waals surface area contributed by atoms with Crippen LogP contribution < -0.4 is 0 Å². The molecule has 0 saturated heterocycles. The first-order valence-electron chi connectivity index (χ1n) is 5.37. The molecule has 0 fully saturated rings. The van der Waals surface area contributed by atoms with Crippen LogP contribution in [0, 0.1) is 0 Å². The Morgan fingerprint density at radius 3 is 2.47 bits per heavy atom. The summed E-state index contributed by atoms with van der Waals surface area (Å²) in [6.45, 7) is 0. The standard InChI is InChI=1S/C9H11.C5H5.Fe/c1-2-5-9-7-3-6-8(9)4-1;1-2-4-5-3-1;/h3,6-7H,1-2,4-5H2;1-5H;/q2*-1;. The Morgan fingerprint density at radius 1 is 1.07 bits per heavy atom. The van der Waals surface area contributed by atoms with Crippen LogP contribution in [0.2, 0.25) is 0 Å². The number of aryl methyl sites for hydroxylation is 2. The minimum atomic E-state index is 0. The first-order chi connectivity index (χ1) is 6.97. The molecule has 0 amide bonds. The van der Waals surface area contributed by atoms with Gasteiger partial charge in [-0.05, 0) is 0 Å². The largest absolute Gasteiger partial charge is 0.214 e. The van der Waals surface area contributed by atoms with E-state index in [1.54, 1.807) is 11.1 Å². The molecule has 2 aromatic carbocycles. The molecular weight excluding hydrogens is 224 g/mol. The second-order valence-electron chi connectivity index (χ2n) is 3.75. The number of hydrogen-bond acceptors (Lipinski definition) is 0. The SMILES string of the molecule is [Fe].c1cc2[c-](c1)CCCC2.c1cc[cH-]c1. The van der Waals surface area contributed by atoms with Gasteiger partial charge in [-0.25, -0.2) is 24.3 Å². The van der Waals surface area contributed by atoms with E-state index in [9.17, 15) is 0 Å². The van der Waals surface area contributed by atoms with Gasteiger partial charge in [0, 0.05) is 17.1 Å². The molecular formula is C14H16Fe-2.